The first kappa shape index (κ1) is 26.4. The Morgan fingerprint density at radius 1 is 1.14 bits per heavy atom. The number of rotatable bonds is 10. The van der Waals surface area contributed by atoms with Crippen LogP contribution in [0, 0.1) is 5.41 Å². The van der Waals surface area contributed by atoms with Gasteiger partial charge in [0.25, 0.3) is 0 Å². The standard InChI is InChI=1S/C20H39N5O3.HI/c1-3-21-19(23-15-18(26)22-9-12-27-2)24-16-20(7-5-4-6-8-20)17-25-10-13-28-14-11-25;/h3-17H2,1-2H3,(H,22,26)(H2,21,23,24);1H. The molecule has 2 rings (SSSR count). The van der Waals surface area contributed by atoms with Crippen LogP contribution in [0.2, 0.25) is 0 Å². The molecule has 3 N–H and O–H groups in total. The smallest absolute Gasteiger partial charge is 0.241 e. The van der Waals surface area contributed by atoms with Crippen LogP contribution in [0.15, 0.2) is 4.99 Å². The number of ether oxygens (including phenoxy) is 2. The van der Waals surface area contributed by atoms with Gasteiger partial charge in [-0.25, -0.2) is 4.99 Å². The van der Waals surface area contributed by atoms with Gasteiger partial charge in [0.1, 0.15) is 6.54 Å². The van der Waals surface area contributed by atoms with E-state index in [1.165, 1.54) is 32.1 Å². The van der Waals surface area contributed by atoms with Gasteiger partial charge >= 0.3 is 0 Å². The SMILES string of the molecule is CCNC(=NCC(=O)NCCOC)NCC1(CN2CCOCC2)CCCCC1.I. The van der Waals surface area contributed by atoms with E-state index >= 15 is 0 Å². The highest BCUT2D eigenvalue weighted by atomic mass is 127. The number of halogens is 1. The van der Waals surface area contributed by atoms with Gasteiger partial charge in [-0.15, -0.1) is 24.0 Å². The van der Waals surface area contributed by atoms with Crippen molar-refractivity contribution < 1.29 is 14.3 Å². The predicted molar refractivity (Wildman–Crippen MR) is 127 cm³/mol. The highest BCUT2D eigenvalue weighted by Crippen LogP contribution is 2.36. The zero-order valence-electron chi connectivity index (χ0n) is 18.1. The van der Waals surface area contributed by atoms with Crippen molar-refractivity contribution in [2.75, 3.05) is 72.7 Å². The quantitative estimate of drug-likeness (QED) is 0.172. The van der Waals surface area contributed by atoms with E-state index < -0.39 is 0 Å². The van der Waals surface area contributed by atoms with Crippen LogP contribution in [0.5, 0.6) is 0 Å². The number of guanidine groups is 1. The molecule has 0 radical (unpaired) electrons. The Labute approximate surface area is 192 Å². The summed E-state index contributed by atoms with van der Waals surface area (Å²) >= 11 is 0. The average Bonchev–Trinajstić information content (AvgIpc) is 2.72. The van der Waals surface area contributed by atoms with Crippen molar-refractivity contribution in [3.05, 3.63) is 0 Å². The van der Waals surface area contributed by atoms with Crippen molar-refractivity contribution in [1.29, 1.82) is 0 Å². The van der Waals surface area contributed by atoms with Crippen LogP contribution < -0.4 is 16.0 Å². The maximum atomic E-state index is 11.9. The van der Waals surface area contributed by atoms with Crippen molar-refractivity contribution in [3.63, 3.8) is 0 Å². The number of carbonyl (C=O) groups is 1. The fraction of sp³-hybridized carbons (Fsp3) is 0.900. The largest absolute Gasteiger partial charge is 0.383 e. The molecule has 0 aromatic carbocycles. The molecule has 8 nitrogen and oxygen atoms in total. The number of morpholine rings is 1. The first-order valence-corrected chi connectivity index (χ1v) is 10.8. The Morgan fingerprint density at radius 2 is 1.86 bits per heavy atom. The van der Waals surface area contributed by atoms with E-state index in [4.69, 9.17) is 9.47 Å². The molecule has 0 aromatic rings. The third-order valence-corrected chi connectivity index (χ3v) is 5.56. The Kier molecular flexibility index (Phi) is 13.8. The minimum Gasteiger partial charge on any atom is -0.383 e. The van der Waals surface area contributed by atoms with Crippen molar-refractivity contribution in [3.8, 4) is 0 Å². The molecule has 0 atom stereocenters. The lowest BCUT2D eigenvalue weighted by atomic mass is 9.73. The second-order valence-electron chi connectivity index (χ2n) is 7.84. The molecule has 170 valence electrons. The van der Waals surface area contributed by atoms with Gasteiger partial charge in [0.05, 0.1) is 19.8 Å². The Balaban J connectivity index is 0.00000420. The maximum absolute atomic E-state index is 11.9. The second kappa shape index (κ2) is 15.2. The second-order valence-corrected chi connectivity index (χ2v) is 7.84. The van der Waals surface area contributed by atoms with Gasteiger partial charge in [-0.1, -0.05) is 19.3 Å². The fourth-order valence-corrected chi connectivity index (χ4v) is 4.04. The van der Waals surface area contributed by atoms with Crippen molar-refractivity contribution in [2.24, 2.45) is 10.4 Å². The molecule has 1 aliphatic carbocycles. The molecule has 2 aliphatic rings. The number of nitrogens with one attached hydrogen (secondary N) is 3. The van der Waals surface area contributed by atoms with Crippen LogP contribution in [0.25, 0.3) is 0 Å². The third kappa shape index (κ3) is 10.3. The number of aliphatic imine (C=N–C) groups is 1. The lowest BCUT2D eigenvalue weighted by Gasteiger charge is -2.42. The monoisotopic (exact) mass is 525 g/mol. The number of carbonyl (C=O) groups excluding carboxylic acids is 1. The number of amides is 1. The number of nitrogens with zero attached hydrogens (tertiary/aromatic N) is 2. The molecular weight excluding hydrogens is 485 g/mol. The van der Waals surface area contributed by atoms with E-state index in [9.17, 15) is 4.79 Å². The van der Waals surface area contributed by atoms with E-state index in [2.05, 4.69) is 25.8 Å². The fourth-order valence-electron chi connectivity index (χ4n) is 4.04. The minimum absolute atomic E-state index is 0. The first-order valence-electron chi connectivity index (χ1n) is 10.8. The third-order valence-electron chi connectivity index (χ3n) is 5.56. The molecule has 0 spiro atoms. The molecule has 1 saturated heterocycles. The number of hydrogen-bond acceptors (Lipinski definition) is 5. The molecular formula is C20H40IN5O3. The van der Waals surface area contributed by atoms with Gasteiger partial charge in [0, 0.05) is 51.8 Å². The molecule has 0 bridgehead atoms. The lowest BCUT2D eigenvalue weighted by Crippen LogP contribution is -2.51. The summed E-state index contributed by atoms with van der Waals surface area (Å²) in [6.07, 6.45) is 6.41. The van der Waals surface area contributed by atoms with Crippen LogP contribution in [0.3, 0.4) is 0 Å². The molecule has 1 aliphatic heterocycles. The van der Waals surface area contributed by atoms with E-state index in [1.807, 2.05) is 6.92 Å². The van der Waals surface area contributed by atoms with Crippen molar-refractivity contribution in [1.82, 2.24) is 20.9 Å². The normalized spacial score (nSPS) is 19.9. The molecule has 1 heterocycles. The Morgan fingerprint density at radius 3 is 2.52 bits per heavy atom. The van der Waals surface area contributed by atoms with Gasteiger partial charge in [-0.2, -0.15) is 0 Å². The first-order chi connectivity index (χ1) is 13.7. The summed E-state index contributed by atoms with van der Waals surface area (Å²) in [7, 11) is 1.62. The van der Waals surface area contributed by atoms with E-state index in [-0.39, 0.29) is 41.8 Å². The van der Waals surface area contributed by atoms with Gasteiger partial charge in [0.2, 0.25) is 5.91 Å². The Hall–Kier alpha value is -0.650. The topological polar surface area (TPSA) is 87.2 Å². The number of hydrogen-bond donors (Lipinski definition) is 3. The van der Waals surface area contributed by atoms with Gasteiger partial charge < -0.3 is 25.4 Å². The zero-order chi connectivity index (χ0) is 20.1. The highest BCUT2D eigenvalue weighted by molar-refractivity contribution is 14.0. The van der Waals surface area contributed by atoms with Gasteiger partial charge in [-0.3, -0.25) is 9.69 Å². The van der Waals surface area contributed by atoms with E-state index in [1.54, 1.807) is 7.11 Å². The molecule has 9 heteroatoms. The maximum Gasteiger partial charge on any atom is 0.241 e. The van der Waals surface area contributed by atoms with Crippen LogP contribution in [0.4, 0.5) is 0 Å². The summed E-state index contributed by atoms with van der Waals surface area (Å²) in [5, 5.41) is 9.59. The van der Waals surface area contributed by atoms with Crippen LogP contribution in [0.1, 0.15) is 39.0 Å². The zero-order valence-corrected chi connectivity index (χ0v) is 20.5. The van der Waals surface area contributed by atoms with Crippen LogP contribution in [-0.4, -0.2) is 89.5 Å². The van der Waals surface area contributed by atoms with E-state index in [0.717, 1.165) is 51.9 Å². The summed E-state index contributed by atoms with van der Waals surface area (Å²) in [6.45, 7) is 9.69. The summed E-state index contributed by atoms with van der Waals surface area (Å²) in [6, 6.07) is 0. The minimum atomic E-state index is -0.0880. The van der Waals surface area contributed by atoms with Gasteiger partial charge in [-0.05, 0) is 19.8 Å². The van der Waals surface area contributed by atoms with Crippen LogP contribution >= 0.6 is 24.0 Å². The lowest BCUT2D eigenvalue weighted by molar-refractivity contribution is -0.119. The molecule has 0 unspecified atom stereocenters. The molecule has 29 heavy (non-hydrogen) atoms. The summed E-state index contributed by atoms with van der Waals surface area (Å²) in [5.74, 6) is 0.631. The summed E-state index contributed by atoms with van der Waals surface area (Å²) < 4.78 is 10.5. The van der Waals surface area contributed by atoms with Gasteiger partial charge in [0.15, 0.2) is 5.96 Å². The Bertz CT molecular complexity index is 481. The van der Waals surface area contributed by atoms with Crippen molar-refractivity contribution in [2.45, 2.75) is 39.0 Å². The molecule has 1 saturated carbocycles. The molecule has 2 fully saturated rings. The van der Waals surface area contributed by atoms with E-state index in [0.29, 0.717) is 13.2 Å². The number of methoxy groups -OCH3 is 1. The summed E-state index contributed by atoms with van der Waals surface area (Å²) in [4.78, 5) is 18.9. The van der Waals surface area contributed by atoms with Crippen LogP contribution in [-0.2, 0) is 14.3 Å². The summed E-state index contributed by atoms with van der Waals surface area (Å²) in [5.41, 5.74) is 0.270. The predicted octanol–water partition coefficient (Wildman–Crippen LogP) is 1.20. The highest BCUT2D eigenvalue weighted by Gasteiger charge is 2.34. The van der Waals surface area contributed by atoms with Crippen molar-refractivity contribution >= 4 is 35.8 Å². The average molecular weight is 525 g/mol. The molecule has 1 amide bonds. The molecule has 0 aromatic heterocycles.